The van der Waals surface area contributed by atoms with Crippen LogP contribution < -0.4 is 10.1 Å². The molecule has 6 nitrogen and oxygen atoms in total. The fraction of sp³-hybridized carbons (Fsp3) is 0.433. The van der Waals surface area contributed by atoms with Gasteiger partial charge in [0.25, 0.3) is 0 Å². The van der Waals surface area contributed by atoms with Crippen LogP contribution in [0.15, 0.2) is 64.0 Å². The molecule has 0 saturated heterocycles. The maximum absolute atomic E-state index is 11.0. The van der Waals surface area contributed by atoms with E-state index in [-0.39, 0.29) is 29.3 Å². The fourth-order valence-electron chi connectivity index (χ4n) is 4.39. The summed E-state index contributed by atoms with van der Waals surface area (Å²) in [5.41, 5.74) is 4.42. The monoisotopic (exact) mass is 557 g/mol. The quantitative estimate of drug-likeness (QED) is 0.312. The summed E-state index contributed by atoms with van der Waals surface area (Å²) in [5.74, 6) is 1.19. The van der Waals surface area contributed by atoms with Gasteiger partial charge >= 0.3 is 0 Å². The summed E-state index contributed by atoms with van der Waals surface area (Å²) in [6, 6.07) is 12.0. The lowest BCUT2D eigenvalue weighted by molar-refractivity contribution is 0.0675. The van der Waals surface area contributed by atoms with Crippen LogP contribution in [0.2, 0.25) is 0 Å². The van der Waals surface area contributed by atoms with E-state index in [9.17, 15) is 5.11 Å². The minimum absolute atomic E-state index is 0. The molecule has 4 rings (SSSR count). The van der Waals surface area contributed by atoms with Gasteiger partial charge in [-0.15, -0.1) is 12.4 Å². The lowest BCUT2D eigenvalue weighted by Crippen LogP contribution is -2.19. The van der Waals surface area contributed by atoms with Crippen LogP contribution in [0.5, 0.6) is 11.5 Å². The fourth-order valence-corrected chi connectivity index (χ4v) is 5.25. The van der Waals surface area contributed by atoms with Crippen LogP contribution in [0.25, 0.3) is 0 Å². The van der Waals surface area contributed by atoms with Gasteiger partial charge in [-0.3, -0.25) is 4.78 Å². The molecule has 8 heteroatoms. The molecule has 2 aromatic rings. The highest BCUT2D eigenvalue weighted by atomic mass is 35.5. The SMILES string of the molecule is CC(C)(C)c1cc(C2=NOC(CCOc3ccc(NCC4=CC=CS4=N)cc3)C2)cc(C(C)(C)C)c1O.Cl. The number of oxime groups is 1. The van der Waals surface area contributed by atoms with Gasteiger partial charge < -0.3 is 20.0 Å². The van der Waals surface area contributed by atoms with Gasteiger partial charge in [0.15, 0.2) is 0 Å². The van der Waals surface area contributed by atoms with E-state index in [0.717, 1.165) is 45.2 Å². The number of anilines is 1. The summed E-state index contributed by atoms with van der Waals surface area (Å²) in [4.78, 5) is 6.85. The molecule has 0 saturated carbocycles. The Labute approximate surface area is 235 Å². The van der Waals surface area contributed by atoms with Crippen LogP contribution in [0.4, 0.5) is 5.69 Å². The molecule has 2 aliphatic heterocycles. The molecule has 0 aromatic heterocycles. The second-order valence-electron chi connectivity index (χ2n) is 11.7. The van der Waals surface area contributed by atoms with E-state index in [1.165, 1.54) is 0 Å². The predicted octanol–water partition coefficient (Wildman–Crippen LogP) is 7.57. The van der Waals surface area contributed by atoms with Crippen molar-refractivity contribution in [2.75, 3.05) is 18.5 Å². The molecule has 2 atom stereocenters. The summed E-state index contributed by atoms with van der Waals surface area (Å²) in [7, 11) is -0.510. The van der Waals surface area contributed by atoms with E-state index in [0.29, 0.717) is 25.3 Å². The van der Waals surface area contributed by atoms with E-state index < -0.39 is 10.7 Å². The lowest BCUT2D eigenvalue weighted by atomic mass is 9.78. The highest BCUT2D eigenvalue weighted by molar-refractivity contribution is 7.93. The van der Waals surface area contributed by atoms with Crippen molar-refractivity contribution in [3.8, 4) is 11.5 Å². The van der Waals surface area contributed by atoms with Crippen molar-refractivity contribution in [2.24, 2.45) is 5.16 Å². The highest BCUT2D eigenvalue weighted by Crippen LogP contribution is 2.40. The number of rotatable bonds is 8. The van der Waals surface area contributed by atoms with E-state index in [1.54, 1.807) is 0 Å². The topological polar surface area (TPSA) is 86.9 Å². The Hall–Kier alpha value is -2.77. The summed E-state index contributed by atoms with van der Waals surface area (Å²) in [6.45, 7) is 13.9. The van der Waals surface area contributed by atoms with Crippen LogP contribution in [0.3, 0.4) is 0 Å². The van der Waals surface area contributed by atoms with Crippen molar-refractivity contribution in [3.05, 3.63) is 75.6 Å². The number of allylic oxidation sites excluding steroid dienone is 2. The molecular formula is C30H40ClN3O3S. The summed E-state index contributed by atoms with van der Waals surface area (Å²) >= 11 is 0. The highest BCUT2D eigenvalue weighted by Gasteiger charge is 2.29. The smallest absolute Gasteiger partial charge is 0.136 e. The second kappa shape index (κ2) is 12.0. The van der Waals surface area contributed by atoms with Gasteiger partial charge in [0, 0.05) is 46.7 Å². The number of nitrogens with one attached hydrogen (secondary N) is 2. The maximum Gasteiger partial charge on any atom is 0.136 e. The maximum atomic E-state index is 11.0. The van der Waals surface area contributed by atoms with Crippen LogP contribution in [0.1, 0.15) is 71.1 Å². The van der Waals surface area contributed by atoms with Gasteiger partial charge in [0.2, 0.25) is 0 Å². The minimum atomic E-state index is -0.510. The number of phenolic OH excluding ortho intramolecular Hbond substituents is 1. The van der Waals surface area contributed by atoms with Gasteiger partial charge in [-0.05, 0) is 58.7 Å². The molecule has 206 valence electrons. The lowest BCUT2D eigenvalue weighted by Gasteiger charge is -2.28. The number of hydrogen-bond acceptors (Lipinski definition) is 6. The molecule has 0 fully saturated rings. The zero-order valence-corrected chi connectivity index (χ0v) is 24.8. The van der Waals surface area contributed by atoms with E-state index in [1.807, 2.05) is 41.8 Å². The molecular weight excluding hydrogens is 518 g/mol. The third kappa shape index (κ3) is 7.20. The Morgan fingerprint density at radius 3 is 2.26 bits per heavy atom. The first kappa shape index (κ1) is 29.8. The Balaban J connectivity index is 0.00000400. The number of aromatic hydroxyl groups is 1. The molecule has 2 unspecified atom stereocenters. The number of ether oxygens (including phenoxy) is 1. The number of benzene rings is 2. The van der Waals surface area contributed by atoms with Crippen LogP contribution in [-0.4, -0.2) is 30.1 Å². The third-order valence-electron chi connectivity index (χ3n) is 6.60. The molecule has 0 bridgehead atoms. The van der Waals surface area contributed by atoms with Gasteiger partial charge in [-0.25, -0.2) is 0 Å². The van der Waals surface area contributed by atoms with Crippen molar-refractivity contribution < 1.29 is 14.7 Å². The molecule has 2 aliphatic rings. The average molecular weight is 558 g/mol. The van der Waals surface area contributed by atoms with Crippen molar-refractivity contribution in [1.82, 2.24) is 0 Å². The van der Waals surface area contributed by atoms with Crippen molar-refractivity contribution in [3.63, 3.8) is 0 Å². The molecule has 0 aliphatic carbocycles. The number of phenols is 1. The van der Waals surface area contributed by atoms with E-state index in [2.05, 4.69) is 64.1 Å². The minimum Gasteiger partial charge on any atom is -0.507 e. The zero-order valence-electron chi connectivity index (χ0n) is 23.1. The zero-order chi connectivity index (χ0) is 26.8. The molecule has 0 amide bonds. The molecule has 2 heterocycles. The Kier molecular flexibility index (Phi) is 9.37. The summed E-state index contributed by atoms with van der Waals surface area (Å²) < 4.78 is 13.9. The van der Waals surface area contributed by atoms with Crippen LogP contribution in [0, 0.1) is 4.78 Å². The third-order valence-corrected chi connectivity index (χ3v) is 7.88. The van der Waals surface area contributed by atoms with Gasteiger partial charge in [0.05, 0.1) is 12.3 Å². The van der Waals surface area contributed by atoms with E-state index >= 15 is 0 Å². The van der Waals surface area contributed by atoms with Crippen molar-refractivity contribution >= 4 is 34.5 Å². The normalized spacial score (nSPS) is 18.9. The molecule has 0 spiro atoms. The first-order valence-electron chi connectivity index (χ1n) is 12.8. The second-order valence-corrected chi connectivity index (χ2v) is 13.2. The average Bonchev–Trinajstić information content (AvgIpc) is 3.46. The first-order valence-corrected chi connectivity index (χ1v) is 14.1. The molecule has 2 aromatic carbocycles. The summed E-state index contributed by atoms with van der Waals surface area (Å²) in [6.07, 6.45) is 5.37. The van der Waals surface area contributed by atoms with Gasteiger partial charge in [-0.2, -0.15) is 0 Å². The molecule has 0 radical (unpaired) electrons. The van der Waals surface area contributed by atoms with Gasteiger partial charge in [-0.1, -0.05) is 63.5 Å². The molecule has 3 N–H and O–H groups in total. The van der Waals surface area contributed by atoms with E-state index in [4.69, 9.17) is 14.4 Å². The number of halogens is 1. The largest absolute Gasteiger partial charge is 0.507 e. The predicted molar refractivity (Wildman–Crippen MR) is 161 cm³/mol. The van der Waals surface area contributed by atoms with Crippen molar-refractivity contribution in [1.29, 1.82) is 4.78 Å². The van der Waals surface area contributed by atoms with Crippen LogP contribution in [-0.2, 0) is 26.4 Å². The Bertz CT molecular complexity index is 1220. The number of hydrogen-bond donors (Lipinski definition) is 3. The van der Waals surface area contributed by atoms with Crippen molar-refractivity contribution in [2.45, 2.75) is 71.3 Å². The Morgan fingerprint density at radius 2 is 1.71 bits per heavy atom. The first-order chi connectivity index (χ1) is 17.4. The summed E-state index contributed by atoms with van der Waals surface area (Å²) in [5, 5.41) is 20.7. The van der Waals surface area contributed by atoms with Gasteiger partial charge in [0.1, 0.15) is 17.6 Å². The molecule has 38 heavy (non-hydrogen) atoms. The van der Waals surface area contributed by atoms with Crippen LogP contribution >= 0.6 is 12.4 Å². The Morgan fingerprint density at radius 1 is 1.08 bits per heavy atom. The standard InChI is InChI=1S/C30H39N3O3S.ClH/c1-29(2,3)25-16-20(17-26(28(25)34)30(4,5)6)27-18-23(36-33-27)13-14-35-22-11-9-21(10-12-22)32-19-24-8-7-15-37(24)31;/h7-12,15-17,23,31-32,34H,13-14,18-19H2,1-6H3;1H. The number of nitrogens with zero attached hydrogens (tertiary/aromatic N) is 1.